The van der Waals surface area contributed by atoms with Crippen molar-refractivity contribution in [3.05, 3.63) is 61.0 Å². The second-order valence-corrected chi connectivity index (χ2v) is 6.55. The van der Waals surface area contributed by atoms with Crippen LogP contribution in [0.1, 0.15) is 5.56 Å². The van der Waals surface area contributed by atoms with Crippen molar-refractivity contribution < 1.29 is 4.79 Å². The maximum absolute atomic E-state index is 12.3. The predicted molar refractivity (Wildman–Crippen MR) is 102 cm³/mol. The van der Waals surface area contributed by atoms with E-state index in [1.807, 2.05) is 0 Å². The maximum atomic E-state index is 12.3. The fourth-order valence-electron chi connectivity index (χ4n) is 2.49. The number of halogens is 2. The number of nitrogens with one attached hydrogen (secondary N) is 1. The van der Waals surface area contributed by atoms with Crippen molar-refractivity contribution in [1.82, 2.24) is 24.1 Å². The number of hydrazone groups is 1. The van der Waals surface area contributed by atoms with E-state index in [0.717, 1.165) is 4.57 Å². The molecule has 0 unspecified atom stereocenters. The quantitative estimate of drug-likeness (QED) is 0.511. The van der Waals surface area contributed by atoms with Crippen molar-refractivity contribution in [3.63, 3.8) is 0 Å². The Morgan fingerprint density at radius 1 is 1.26 bits per heavy atom. The van der Waals surface area contributed by atoms with Crippen LogP contribution in [-0.4, -0.2) is 30.8 Å². The molecule has 0 radical (unpaired) electrons. The number of rotatable bonds is 4. The number of nitrogens with zero attached hydrogens (tertiary/aromatic N) is 5. The van der Waals surface area contributed by atoms with Crippen LogP contribution in [0.15, 0.2) is 39.2 Å². The van der Waals surface area contributed by atoms with Crippen LogP contribution in [0.2, 0.25) is 10.0 Å². The molecule has 0 atom stereocenters. The number of aryl methyl sites for hydroxylation is 1. The number of fused-ring (bicyclic) bond motifs is 1. The topological polar surface area (TPSA) is 103 Å². The first-order valence-electron chi connectivity index (χ1n) is 7.67. The molecular formula is C16H14Cl2N6O3. The number of amides is 1. The molecule has 1 amide bonds. The number of carbonyl (C=O) groups excluding carboxylic acids is 1. The van der Waals surface area contributed by atoms with E-state index in [1.165, 1.54) is 35.8 Å². The molecule has 1 aromatic carbocycles. The molecule has 3 rings (SSSR count). The number of hydrogen-bond donors (Lipinski definition) is 1. The summed E-state index contributed by atoms with van der Waals surface area (Å²) in [5.41, 5.74) is 2.26. The van der Waals surface area contributed by atoms with E-state index < -0.39 is 17.2 Å². The molecule has 0 aliphatic heterocycles. The summed E-state index contributed by atoms with van der Waals surface area (Å²) in [7, 11) is 2.86. The highest BCUT2D eigenvalue weighted by Gasteiger charge is 2.15. The normalized spacial score (nSPS) is 11.4. The van der Waals surface area contributed by atoms with Gasteiger partial charge in [0, 0.05) is 24.7 Å². The minimum Gasteiger partial charge on any atom is -0.315 e. The Morgan fingerprint density at radius 2 is 2.00 bits per heavy atom. The third-order valence-electron chi connectivity index (χ3n) is 3.89. The number of carbonyl (C=O) groups is 1. The first-order chi connectivity index (χ1) is 12.8. The number of imidazole rings is 1. The summed E-state index contributed by atoms with van der Waals surface area (Å²) in [5, 5.41) is 4.72. The number of benzene rings is 1. The van der Waals surface area contributed by atoms with Crippen LogP contribution in [0.25, 0.3) is 11.2 Å². The second-order valence-electron chi connectivity index (χ2n) is 5.71. The van der Waals surface area contributed by atoms with E-state index in [4.69, 9.17) is 23.2 Å². The monoisotopic (exact) mass is 408 g/mol. The average molecular weight is 409 g/mol. The highest BCUT2D eigenvalue weighted by molar-refractivity contribution is 6.36. The molecule has 1 N–H and O–H groups in total. The van der Waals surface area contributed by atoms with E-state index in [-0.39, 0.29) is 17.7 Å². The maximum Gasteiger partial charge on any atom is 0.332 e. The summed E-state index contributed by atoms with van der Waals surface area (Å²) in [6.07, 6.45) is 2.70. The van der Waals surface area contributed by atoms with Crippen LogP contribution >= 0.6 is 23.2 Å². The molecule has 3 aromatic rings. The van der Waals surface area contributed by atoms with E-state index in [9.17, 15) is 14.4 Å². The predicted octanol–water partition coefficient (Wildman–Crippen LogP) is 0.891. The molecule has 11 heteroatoms. The molecule has 0 saturated heterocycles. The van der Waals surface area contributed by atoms with Gasteiger partial charge in [0.05, 0.1) is 17.6 Å². The molecule has 27 heavy (non-hydrogen) atoms. The Kier molecular flexibility index (Phi) is 5.15. The van der Waals surface area contributed by atoms with Crippen LogP contribution in [0.4, 0.5) is 0 Å². The molecule has 0 saturated carbocycles. The van der Waals surface area contributed by atoms with Crippen LogP contribution < -0.4 is 16.7 Å². The van der Waals surface area contributed by atoms with Gasteiger partial charge in [0.25, 0.3) is 11.5 Å². The van der Waals surface area contributed by atoms with Gasteiger partial charge in [-0.05, 0) is 12.1 Å². The summed E-state index contributed by atoms with van der Waals surface area (Å²) in [6.45, 7) is -0.199. The third-order valence-corrected chi connectivity index (χ3v) is 4.45. The highest BCUT2D eigenvalue weighted by atomic mass is 35.5. The van der Waals surface area contributed by atoms with Crippen LogP contribution in [-0.2, 0) is 25.4 Å². The highest BCUT2D eigenvalue weighted by Crippen LogP contribution is 2.19. The van der Waals surface area contributed by atoms with Crippen molar-refractivity contribution in [2.24, 2.45) is 19.2 Å². The van der Waals surface area contributed by atoms with Crippen molar-refractivity contribution in [2.45, 2.75) is 6.54 Å². The van der Waals surface area contributed by atoms with E-state index in [2.05, 4.69) is 15.5 Å². The summed E-state index contributed by atoms with van der Waals surface area (Å²) >= 11 is 11.8. The Morgan fingerprint density at radius 3 is 2.70 bits per heavy atom. The average Bonchev–Trinajstić information content (AvgIpc) is 3.03. The lowest BCUT2D eigenvalue weighted by Gasteiger charge is -2.06. The van der Waals surface area contributed by atoms with Crippen LogP contribution in [0.5, 0.6) is 0 Å². The zero-order valence-electron chi connectivity index (χ0n) is 14.3. The molecule has 2 aromatic heterocycles. The fraction of sp³-hybridized carbons (Fsp3) is 0.188. The zero-order valence-corrected chi connectivity index (χ0v) is 15.8. The fourth-order valence-corrected chi connectivity index (χ4v) is 2.94. The molecule has 0 aliphatic carbocycles. The molecule has 140 valence electrons. The van der Waals surface area contributed by atoms with Gasteiger partial charge in [0.15, 0.2) is 11.2 Å². The van der Waals surface area contributed by atoms with Crippen molar-refractivity contribution in [3.8, 4) is 0 Å². The van der Waals surface area contributed by atoms with Gasteiger partial charge in [-0.1, -0.05) is 29.3 Å². The Balaban J connectivity index is 1.80. The van der Waals surface area contributed by atoms with Gasteiger partial charge >= 0.3 is 5.69 Å². The molecule has 0 fully saturated rings. The van der Waals surface area contributed by atoms with Gasteiger partial charge in [0.2, 0.25) is 0 Å². The van der Waals surface area contributed by atoms with Crippen molar-refractivity contribution in [2.75, 3.05) is 0 Å². The SMILES string of the molecule is Cn1c(=O)c2c(ncn2CC(=O)N/N=C/c2ccc(Cl)cc2Cl)n(C)c1=O. The Bertz CT molecular complexity index is 1190. The molecule has 2 heterocycles. The van der Waals surface area contributed by atoms with E-state index in [1.54, 1.807) is 18.2 Å². The first-order valence-corrected chi connectivity index (χ1v) is 8.43. The van der Waals surface area contributed by atoms with Crippen molar-refractivity contribution >= 4 is 46.5 Å². The van der Waals surface area contributed by atoms with Crippen LogP contribution in [0.3, 0.4) is 0 Å². The largest absolute Gasteiger partial charge is 0.332 e. The molecule has 0 spiro atoms. The Labute approximate surface area is 162 Å². The number of aromatic nitrogens is 4. The lowest BCUT2D eigenvalue weighted by molar-refractivity contribution is -0.121. The lowest BCUT2D eigenvalue weighted by atomic mass is 10.2. The minimum absolute atomic E-state index is 0.152. The molecule has 0 aliphatic rings. The van der Waals surface area contributed by atoms with Crippen molar-refractivity contribution in [1.29, 1.82) is 0 Å². The van der Waals surface area contributed by atoms with Crippen LogP contribution in [0, 0.1) is 0 Å². The third kappa shape index (κ3) is 3.64. The standard InChI is InChI=1S/C16H14Cl2N6O3/c1-22-14-13(15(26)23(2)16(22)27)24(8-19-14)7-12(25)21-20-6-9-3-4-10(17)5-11(9)18/h3-6,8H,7H2,1-2H3,(H,21,25)/b20-6+. The van der Waals surface area contributed by atoms with Gasteiger partial charge in [-0.2, -0.15) is 5.10 Å². The van der Waals surface area contributed by atoms with Gasteiger partial charge in [0.1, 0.15) is 6.54 Å². The van der Waals surface area contributed by atoms with E-state index in [0.29, 0.717) is 15.6 Å². The number of hydrogen-bond acceptors (Lipinski definition) is 5. The van der Waals surface area contributed by atoms with E-state index >= 15 is 0 Å². The molecular weight excluding hydrogens is 395 g/mol. The second kappa shape index (κ2) is 7.37. The minimum atomic E-state index is -0.533. The molecule has 0 bridgehead atoms. The smallest absolute Gasteiger partial charge is 0.315 e. The summed E-state index contributed by atoms with van der Waals surface area (Å²) in [6, 6.07) is 4.87. The van der Waals surface area contributed by atoms with Gasteiger partial charge < -0.3 is 4.57 Å². The van der Waals surface area contributed by atoms with Gasteiger partial charge in [-0.25, -0.2) is 15.2 Å². The zero-order chi connectivity index (χ0) is 19.7. The summed E-state index contributed by atoms with van der Waals surface area (Å²) in [5.74, 6) is -0.480. The first kappa shape index (κ1) is 18.9. The molecule has 9 nitrogen and oxygen atoms in total. The summed E-state index contributed by atoms with van der Waals surface area (Å²) in [4.78, 5) is 40.4. The Hall–Kier alpha value is -2.91. The lowest BCUT2D eigenvalue weighted by Crippen LogP contribution is -2.38. The van der Waals surface area contributed by atoms with Gasteiger partial charge in [-0.15, -0.1) is 0 Å². The summed E-state index contributed by atoms with van der Waals surface area (Å²) < 4.78 is 3.56. The van der Waals surface area contributed by atoms with Gasteiger partial charge in [-0.3, -0.25) is 18.7 Å².